The van der Waals surface area contributed by atoms with E-state index in [9.17, 15) is 8.78 Å². The van der Waals surface area contributed by atoms with Crippen LogP contribution >= 0.6 is 0 Å². The topological polar surface area (TPSA) is 30.5 Å². The van der Waals surface area contributed by atoms with Gasteiger partial charge in [0.1, 0.15) is 0 Å². The molecule has 0 aliphatic carbocycles. The van der Waals surface area contributed by atoms with Crippen LogP contribution in [0.15, 0.2) is 12.1 Å². The highest BCUT2D eigenvalue weighted by Gasteiger charge is 2.32. The summed E-state index contributed by atoms with van der Waals surface area (Å²) < 4.78 is 38.2. The fourth-order valence-corrected chi connectivity index (χ4v) is 2.68. The van der Waals surface area contributed by atoms with E-state index in [0.717, 1.165) is 32.7 Å². The first-order valence-electron chi connectivity index (χ1n) is 6.85. The maximum atomic E-state index is 13.9. The Balaban J connectivity index is 2.51. The van der Waals surface area contributed by atoms with Gasteiger partial charge in [-0.15, -0.1) is 0 Å². The van der Waals surface area contributed by atoms with Gasteiger partial charge in [-0.25, -0.2) is 8.78 Å². The van der Waals surface area contributed by atoms with Gasteiger partial charge in [-0.3, -0.25) is 0 Å². The highest BCUT2D eigenvalue weighted by atomic mass is 19.3. The number of benzene rings is 1. The number of piperidine rings is 1. The van der Waals surface area contributed by atoms with Crippen LogP contribution in [0, 0.1) is 0 Å². The highest BCUT2D eigenvalue weighted by Crippen LogP contribution is 2.41. The summed E-state index contributed by atoms with van der Waals surface area (Å²) in [5, 5.41) is 3.31. The Kier molecular flexibility index (Phi) is 4.48. The quantitative estimate of drug-likeness (QED) is 0.916. The summed E-state index contributed by atoms with van der Waals surface area (Å²) in [5.74, 6) is -2.08. The Morgan fingerprint density at radius 2 is 1.80 bits per heavy atom. The molecule has 5 heteroatoms. The molecule has 0 bridgehead atoms. The van der Waals surface area contributed by atoms with Crippen LogP contribution in [0.2, 0.25) is 0 Å². The predicted octanol–water partition coefficient (Wildman–Crippen LogP) is 3.63. The second-order valence-electron chi connectivity index (χ2n) is 5.19. The van der Waals surface area contributed by atoms with E-state index >= 15 is 0 Å². The summed E-state index contributed by atoms with van der Waals surface area (Å²) in [6, 6.07) is 3.02. The van der Waals surface area contributed by atoms with Crippen molar-refractivity contribution in [2.75, 3.05) is 20.8 Å². The second kappa shape index (κ2) is 5.95. The third-order valence-electron chi connectivity index (χ3n) is 3.71. The monoisotopic (exact) mass is 285 g/mol. The maximum absolute atomic E-state index is 13.9. The van der Waals surface area contributed by atoms with E-state index in [1.165, 1.54) is 20.3 Å². The number of hydrogen-bond donors (Lipinski definition) is 1. The number of methoxy groups -OCH3 is 2. The van der Waals surface area contributed by atoms with Crippen molar-refractivity contribution in [2.45, 2.75) is 38.2 Å². The van der Waals surface area contributed by atoms with E-state index in [0.29, 0.717) is 17.1 Å². The third-order valence-corrected chi connectivity index (χ3v) is 3.71. The largest absolute Gasteiger partial charge is 0.493 e. The molecule has 1 N–H and O–H groups in total. The fourth-order valence-electron chi connectivity index (χ4n) is 2.68. The number of hydrogen-bond acceptors (Lipinski definition) is 3. The lowest BCUT2D eigenvalue weighted by Crippen LogP contribution is -2.29. The number of ether oxygens (including phenoxy) is 2. The second-order valence-corrected chi connectivity index (χ2v) is 5.19. The van der Waals surface area contributed by atoms with Crippen molar-refractivity contribution < 1.29 is 18.3 Å². The van der Waals surface area contributed by atoms with E-state index in [1.54, 1.807) is 6.07 Å². The minimum Gasteiger partial charge on any atom is -0.493 e. The van der Waals surface area contributed by atoms with Crippen molar-refractivity contribution in [2.24, 2.45) is 0 Å². The summed E-state index contributed by atoms with van der Waals surface area (Å²) in [6.45, 7) is 1.77. The standard InChI is InChI=1S/C15H21F2NO2/c1-15(16,17)11-9-14(20-3)13(19-2)8-10(11)12-6-4-5-7-18-12/h8-9,12,18H,4-7H2,1-3H3. The van der Waals surface area contributed by atoms with Crippen molar-refractivity contribution in [3.63, 3.8) is 0 Å². The molecule has 1 aliphatic rings. The molecular formula is C15H21F2NO2. The molecule has 0 spiro atoms. The zero-order valence-corrected chi connectivity index (χ0v) is 12.1. The first kappa shape index (κ1) is 15.0. The molecule has 1 aromatic carbocycles. The molecule has 1 aliphatic heterocycles. The lowest BCUT2D eigenvalue weighted by atomic mass is 9.91. The zero-order chi connectivity index (χ0) is 14.8. The van der Waals surface area contributed by atoms with Crippen molar-refractivity contribution in [1.29, 1.82) is 0 Å². The predicted molar refractivity (Wildman–Crippen MR) is 73.7 cm³/mol. The summed E-state index contributed by atoms with van der Waals surface area (Å²) in [7, 11) is 2.97. The molecule has 20 heavy (non-hydrogen) atoms. The van der Waals surface area contributed by atoms with Crippen LogP contribution in [0.4, 0.5) is 8.78 Å². The fraction of sp³-hybridized carbons (Fsp3) is 0.600. The molecule has 0 saturated carbocycles. The van der Waals surface area contributed by atoms with Crippen molar-refractivity contribution in [1.82, 2.24) is 5.32 Å². The van der Waals surface area contributed by atoms with Crippen molar-refractivity contribution in [3.05, 3.63) is 23.3 Å². The third kappa shape index (κ3) is 3.03. The van der Waals surface area contributed by atoms with Gasteiger partial charge in [0.2, 0.25) is 0 Å². The Labute approximate surface area is 118 Å². The maximum Gasteiger partial charge on any atom is 0.270 e. The molecular weight excluding hydrogens is 264 g/mol. The van der Waals surface area contributed by atoms with Gasteiger partial charge >= 0.3 is 0 Å². The van der Waals surface area contributed by atoms with Crippen LogP contribution in [-0.2, 0) is 5.92 Å². The van der Waals surface area contributed by atoms with Gasteiger partial charge in [0.25, 0.3) is 5.92 Å². The van der Waals surface area contributed by atoms with Gasteiger partial charge in [-0.1, -0.05) is 6.42 Å². The molecule has 1 unspecified atom stereocenters. The summed E-state index contributed by atoms with van der Waals surface area (Å²) in [6.07, 6.45) is 2.99. The number of halogens is 2. The molecule has 1 fully saturated rings. The number of alkyl halides is 2. The first-order chi connectivity index (χ1) is 9.47. The lowest BCUT2D eigenvalue weighted by Gasteiger charge is -2.28. The summed E-state index contributed by atoms with van der Waals surface area (Å²) in [4.78, 5) is 0. The SMILES string of the molecule is COc1cc(C2CCCCN2)c(C(C)(F)F)cc1OC. The van der Waals surface area contributed by atoms with Crippen molar-refractivity contribution >= 4 is 0 Å². The van der Waals surface area contributed by atoms with Crippen LogP contribution in [0.5, 0.6) is 11.5 Å². The molecule has 1 aromatic rings. The average molecular weight is 285 g/mol. The van der Waals surface area contributed by atoms with Gasteiger partial charge < -0.3 is 14.8 Å². The Morgan fingerprint density at radius 1 is 1.15 bits per heavy atom. The molecule has 112 valence electrons. The number of rotatable bonds is 4. The highest BCUT2D eigenvalue weighted by molar-refractivity contribution is 5.50. The lowest BCUT2D eigenvalue weighted by molar-refractivity contribution is 0.0155. The Morgan fingerprint density at radius 3 is 2.30 bits per heavy atom. The number of nitrogens with one attached hydrogen (secondary N) is 1. The van der Waals surface area contributed by atoms with Crippen LogP contribution in [0.3, 0.4) is 0 Å². The average Bonchev–Trinajstić information content (AvgIpc) is 2.45. The minimum atomic E-state index is -2.91. The smallest absolute Gasteiger partial charge is 0.270 e. The van der Waals surface area contributed by atoms with Gasteiger partial charge in [-0.2, -0.15) is 0 Å². The Bertz CT molecular complexity index is 466. The molecule has 1 atom stereocenters. The van der Waals surface area contributed by atoms with E-state index < -0.39 is 5.92 Å². The summed E-state index contributed by atoms with van der Waals surface area (Å²) >= 11 is 0. The van der Waals surface area contributed by atoms with Gasteiger partial charge in [0.05, 0.1) is 14.2 Å². The van der Waals surface area contributed by atoms with E-state index in [-0.39, 0.29) is 11.6 Å². The Hall–Kier alpha value is -1.36. The molecule has 0 amide bonds. The van der Waals surface area contributed by atoms with Crippen LogP contribution < -0.4 is 14.8 Å². The van der Waals surface area contributed by atoms with E-state index in [4.69, 9.17) is 9.47 Å². The van der Waals surface area contributed by atoms with E-state index in [1.807, 2.05) is 0 Å². The van der Waals surface area contributed by atoms with Crippen LogP contribution in [0.1, 0.15) is 43.4 Å². The van der Waals surface area contributed by atoms with Crippen LogP contribution in [0.25, 0.3) is 0 Å². The van der Waals surface area contributed by atoms with Gasteiger partial charge in [0.15, 0.2) is 11.5 Å². The van der Waals surface area contributed by atoms with E-state index in [2.05, 4.69) is 5.32 Å². The van der Waals surface area contributed by atoms with Gasteiger partial charge in [-0.05, 0) is 37.1 Å². The van der Waals surface area contributed by atoms with Gasteiger partial charge in [0, 0.05) is 18.5 Å². The minimum absolute atomic E-state index is 0.00884. The molecule has 1 heterocycles. The zero-order valence-electron chi connectivity index (χ0n) is 12.1. The summed E-state index contributed by atoms with van der Waals surface area (Å²) in [5.41, 5.74) is 0.615. The molecule has 0 aromatic heterocycles. The molecule has 1 saturated heterocycles. The first-order valence-corrected chi connectivity index (χ1v) is 6.85. The normalized spacial score (nSPS) is 19.8. The molecule has 2 rings (SSSR count). The van der Waals surface area contributed by atoms with Crippen LogP contribution in [-0.4, -0.2) is 20.8 Å². The van der Waals surface area contributed by atoms with Crippen molar-refractivity contribution in [3.8, 4) is 11.5 Å². The molecule has 3 nitrogen and oxygen atoms in total. The molecule has 0 radical (unpaired) electrons.